The maximum Gasteiger partial charge on any atom is 0.276 e. The lowest BCUT2D eigenvalue weighted by atomic mass is 10.1. The number of carbonyl (C=O) groups excluding carboxylic acids is 1. The van der Waals surface area contributed by atoms with Crippen molar-refractivity contribution in [3.63, 3.8) is 0 Å². The molecule has 1 atom stereocenters. The molecule has 0 aliphatic rings. The summed E-state index contributed by atoms with van der Waals surface area (Å²) in [6.07, 6.45) is 0.817. The highest BCUT2D eigenvalue weighted by molar-refractivity contribution is 7.90. The van der Waals surface area contributed by atoms with E-state index in [-0.39, 0.29) is 22.2 Å². The number of nitrogens with zero attached hydrogens (tertiary/aromatic N) is 1. The topological polar surface area (TPSA) is 110 Å². The molecule has 3 aromatic rings. The van der Waals surface area contributed by atoms with Crippen LogP contribution < -0.4 is 15.6 Å². The third-order valence-corrected chi connectivity index (χ3v) is 6.29. The number of hydrogen-bond donors (Lipinski definition) is 2. The maximum atomic E-state index is 12.9. The molecule has 170 valence electrons. The number of sulfone groups is 1. The summed E-state index contributed by atoms with van der Waals surface area (Å²) in [7, 11) is -3.34. The molecule has 3 rings (SSSR count). The Bertz CT molecular complexity index is 1300. The van der Waals surface area contributed by atoms with Crippen LogP contribution in [-0.2, 0) is 14.6 Å². The molecule has 0 aliphatic carbocycles. The second-order valence-corrected chi connectivity index (χ2v) is 9.81. The van der Waals surface area contributed by atoms with Gasteiger partial charge >= 0.3 is 0 Å². The van der Waals surface area contributed by atoms with Crippen LogP contribution in [0.1, 0.15) is 30.0 Å². The highest BCUT2D eigenvalue weighted by Crippen LogP contribution is 2.22. The van der Waals surface area contributed by atoms with Crippen LogP contribution in [-0.4, -0.2) is 36.5 Å². The molecule has 32 heavy (non-hydrogen) atoms. The number of ether oxygens (including phenoxy) is 1. The molecular formula is C23H27N3O5S. The molecule has 0 spiro atoms. The van der Waals surface area contributed by atoms with Crippen molar-refractivity contribution in [1.29, 1.82) is 0 Å². The average Bonchev–Trinajstić information content (AvgIpc) is 3.01. The maximum absolute atomic E-state index is 12.9. The van der Waals surface area contributed by atoms with E-state index >= 15 is 0 Å². The first-order valence-electron chi connectivity index (χ1n) is 10.2. The summed E-state index contributed by atoms with van der Waals surface area (Å²) in [5.74, 6) is 0.512. The molecule has 0 bridgehead atoms. The Labute approximate surface area is 187 Å². The number of aryl methyl sites for hydroxylation is 2. The first kappa shape index (κ1) is 23.3. The lowest BCUT2D eigenvalue weighted by Crippen LogP contribution is -2.33. The SMILES string of the molecule is CCC(Oc1ccc(C)cc1C)C(=O)Nc1[nH]n(-c2ccc(S(C)(=O)=O)cc2)c(=O)c1C. The van der Waals surface area contributed by atoms with Gasteiger partial charge in [0.05, 0.1) is 16.1 Å². The van der Waals surface area contributed by atoms with Gasteiger partial charge in [-0.1, -0.05) is 24.6 Å². The van der Waals surface area contributed by atoms with E-state index in [1.807, 2.05) is 39.0 Å². The molecule has 0 saturated heterocycles. The van der Waals surface area contributed by atoms with Crippen LogP contribution in [0.15, 0.2) is 52.2 Å². The van der Waals surface area contributed by atoms with Gasteiger partial charge < -0.3 is 10.1 Å². The van der Waals surface area contributed by atoms with Crippen molar-refractivity contribution in [3.8, 4) is 11.4 Å². The predicted octanol–water partition coefficient (Wildman–Crippen LogP) is 3.29. The fourth-order valence-corrected chi connectivity index (χ4v) is 3.91. The van der Waals surface area contributed by atoms with Gasteiger partial charge in [-0.2, -0.15) is 0 Å². The molecule has 2 N–H and O–H groups in total. The highest BCUT2D eigenvalue weighted by atomic mass is 32.2. The van der Waals surface area contributed by atoms with Gasteiger partial charge in [-0.3, -0.25) is 14.7 Å². The summed E-state index contributed by atoms with van der Waals surface area (Å²) in [5.41, 5.74) is 2.46. The quantitative estimate of drug-likeness (QED) is 0.566. The molecule has 8 nitrogen and oxygen atoms in total. The molecule has 1 aromatic heterocycles. The van der Waals surface area contributed by atoms with E-state index in [0.717, 1.165) is 17.4 Å². The molecule has 1 amide bonds. The molecule has 0 saturated carbocycles. The standard InChI is InChI=1S/C23H27N3O5S/c1-6-19(31-20-12-7-14(2)13-15(20)3)22(27)24-21-16(4)23(28)26(25-21)17-8-10-18(11-9-17)32(5,29)30/h7-13,19,25H,6H2,1-5H3,(H,24,27). The van der Waals surface area contributed by atoms with Crippen LogP contribution in [0.5, 0.6) is 5.75 Å². The molecule has 0 fully saturated rings. The first-order chi connectivity index (χ1) is 15.0. The Balaban J connectivity index is 1.82. The number of amides is 1. The van der Waals surface area contributed by atoms with E-state index in [0.29, 0.717) is 23.4 Å². The Kier molecular flexibility index (Phi) is 6.59. The summed E-state index contributed by atoms with van der Waals surface area (Å²) in [5, 5.41) is 5.63. The normalized spacial score (nSPS) is 12.4. The third-order valence-electron chi connectivity index (χ3n) is 5.16. The second kappa shape index (κ2) is 9.04. The molecular weight excluding hydrogens is 430 g/mol. The monoisotopic (exact) mass is 457 g/mol. The van der Waals surface area contributed by atoms with Crippen molar-refractivity contribution in [1.82, 2.24) is 9.78 Å². The Hall–Kier alpha value is -3.33. The van der Waals surface area contributed by atoms with Crippen LogP contribution in [0.4, 0.5) is 5.82 Å². The fraction of sp³-hybridized carbons (Fsp3) is 0.304. The van der Waals surface area contributed by atoms with Gasteiger partial charge in [-0.25, -0.2) is 13.1 Å². The Morgan fingerprint density at radius 2 is 1.78 bits per heavy atom. The minimum atomic E-state index is -3.34. The van der Waals surface area contributed by atoms with Crippen molar-refractivity contribution in [2.75, 3.05) is 11.6 Å². The van der Waals surface area contributed by atoms with Gasteiger partial charge in [0, 0.05) is 6.26 Å². The number of carbonyl (C=O) groups is 1. The van der Waals surface area contributed by atoms with Gasteiger partial charge in [0.25, 0.3) is 11.5 Å². The zero-order chi connectivity index (χ0) is 23.6. The number of benzene rings is 2. The molecule has 1 heterocycles. The smallest absolute Gasteiger partial charge is 0.276 e. The van der Waals surface area contributed by atoms with E-state index in [2.05, 4.69) is 10.4 Å². The summed E-state index contributed by atoms with van der Waals surface area (Å²) < 4.78 is 30.5. The molecule has 0 radical (unpaired) electrons. The average molecular weight is 458 g/mol. The number of anilines is 1. The Morgan fingerprint density at radius 1 is 1.12 bits per heavy atom. The van der Waals surface area contributed by atoms with E-state index in [1.54, 1.807) is 6.92 Å². The zero-order valence-electron chi connectivity index (χ0n) is 18.7. The van der Waals surface area contributed by atoms with Crippen molar-refractivity contribution in [2.45, 2.75) is 45.1 Å². The van der Waals surface area contributed by atoms with Gasteiger partial charge in [-0.05, 0) is 63.1 Å². The minimum absolute atomic E-state index is 0.153. The van der Waals surface area contributed by atoms with Gasteiger partial charge in [-0.15, -0.1) is 0 Å². The highest BCUT2D eigenvalue weighted by Gasteiger charge is 2.22. The summed E-state index contributed by atoms with van der Waals surface area (Å²) in [4.78, 5) is 25.7. The lowest BCUT2D eigenvalue weighted by molar-refractivity contribution is -0.122. The van der Waals surface area contributed by atoms with E-state index in [9.17, 15) is 18.0 Å². The number of aromatic amines is 1. The summed E-state index contributed by atoms with van der Waals surface area (Å²) >= 11 is 0. The van der Waals surface area contributed by atoms with Gasteiger partial charge in [0.15, 0.2) is 15.9 Å². The number of nitrogens with one attached hydrogen (secondary N) is 2. The van der Waals surface area contributed by atoms with E-state index in [1.165, 1.54) is 28.9 Å². The Morgan fingerprint density at radius 3 is 2.34 bits per heavy atom. The number of rotatable bonds is 7. The second-order valence-electron chi connectivity index (χ2n) is 7.79. The summed E-state index contributed by atoms with van der Waals surface area (Å²) in [6.45, 7) is 7.35. The number of hydrogen-bond acceptors (Lipinski definition) is 5. The van der Waals surface area contributed by atoms with Crippen LogP contribution in [0.2, 0.25) is 0 Å². The van der Waals surface area contributed by atoms with Crippen molar-refractivity contribution >= 4 is 21.6 Å². The fourth-order valence-electron chi connectivity index (χ4n) is 3.28. The van der Waals surface area contributed by atoms with Gasteiger partial charge in [0.1, 0.15) is 11.6 Å². The van der Waals surface area contributed by atoms with Gasteiger partial charge in [0.2, 0.25) is 0 Å². The number of H-pyrrole nitrogens is 1. The predicted molar refractivity (Wildman–Crippen MR) is 123 cm³/mol. The van der Waals surface area contributed by atoms with Crippen LogP contribution >= 0.6 is 0 Å². The molecule has 1 unspecified atom stereocenters. The zero-order valence-corrected chi connectivity index (χ0v) is 19.5. The van der Waals surface area contributed by atoms with Crippen LogP contribution in [0, 0.1) is 20.8 Å². The lowest BCUT2D eigenvalue weighted by Gasteiger charge is -2.18. The first-order valence-corrected chi connectivity index (χ1v) is 12.1. The minimum Gasteiger partial charge on any atom is -0.480 e. The molecule has 2 aromatic carbocycles. The largest absolute Gasteiger partial charge is 0.480 e. The van der Waals surface area contributed by atoms with Crippen molar-refractivity contribution < 1.29 is 17.9 Å². The van der Waals surface area contributed by atoms with Crippen molar-refractivity contribution in [3.05, 3.63) is 69.5 Å². The molecule has 0 aliphatic heterocycles. The van der Waals surface area contributed by atoms with Crippen molar-refractivity contribution in [2.24, 2.45) is 0 Å². The summed E-state index contributed by atoms with van der Waals surface area (Å²) in [6, 6.07) is 11.6. The molecule has 9 heteroatoms. The van der Waals surface area contributed by atoms with Crippen LogP contribution in [0.3, 0.4) is 0 Å². The number of aromatic nitrogens is 2. The third kappa shape index (κ3) is 4.94. The van der Waals surface area contributed by atoms with E-state index in [4.69, 9.17) is 4.74 Å². The van der Waals surface area contributed by atoms with E-state index < -0.39 is 15.9 Å². The van der Waals surface area contributed by atoms with Crippen LogP contribution in [0.25, 0.3) is 5.69 Å².